The highest BCUT2D eigenvalue weighted by Crippen LogP contribution is 2.29. The number of hydrogen-bond donors (Lipinski definition) is 0. The highest BCUT2D eigenvalue weighted by molar-refractivity contribution is 6.17. The number of halogens is 4. The van der Waals surface area contributed by atoms with Crippen molar-refractivity contribution in [2.24, 2.45) is 0 Å². The Morgan fingerprint density at radius 3 is 2.50 bits per heavy atom. The third-order valence-corrected chi connectivity index (χ3v) is 1.91. The summed E-state index contributed by atoms with van der Waals surface area (Å²) < 4.78 is 39.1. The Morgan fingerprint density at radius 2 is 2.06 bits per heavy atom. The minimum Gasteiger partial charge on any atom is -0.406 e. The van der Waals surface area contributed by atoms with Gasteiger partial charge in [0.15, 0.2) is 0 Å². The van der Waals surface area contributed by atoms with Gasteiger partial charge in [-0.1, -0.05) is 0 Å². The van der Waals surface area contributed by atoms with Crippen LogP contribution in [0.1, 0.15) is 5.56 Å². The standard InChI is InChI=1S/C8H5ClF3NO3/c9-4-5-3-6(16-8(10,11)12)1-2-7(5)13(14)15/h1-3H,4H2. The Bertz CT molecular complexity index is 408. The number of benzene rings is 1. The van der Waals surface area contributed by atoms with E-state index in [9.17, 15) is 23.3 Å². The summed E-state index contributed by atoms with van der Waals surface area (Å²) in [5.41, 5.74) is -0.377. The Morgan fingerprint density at radius 1 is 1.44 bits per heavy atom. The monoisotopic (exact) mass is 255 g/mol. The van der Waals surface area contributed by atoms with E-state index in [0.717, 1.165) is 18.2 Å². The predicted octanol–water partition coefficient (Wildman–Crippen LogP) is 3.23. The van der Waals surface area contributed by atoms with Crippen LogP contribution in [0, 0.1) is 10.1 Å². The largest absolute Gasteiger partial charge is 0.573 e. The molecule has 0 unspecified atom stereocenters. The summed E-state index contributed by atoms with van der Waals surface area (Å²) in [6.07, 6.45) is -4.83. The zero-order valence-corrected chi connectivity index (χ0v) is 8.38. The van der Waals surface area contributed by atoms with Gasteiger partial charge in [0.05, 0.1) is 10.8 Å². The topological polar surface area (TPSA) is 52.4 Å². The molecule has 0 saturated carbocycles. The normalized spacial score (nSPS) is 11.2. The van der Waals surface area contributed by atoms with Gasteiger partial charge in [-0.2, -0.15) is 0 Å². The first-order valence-electron chi connectivity index (χ1n) is 3.92. The van der Waals surface area contributed by atoms with E-state index in [2.05, 4.69) is 4.74 Å². The van der Waals surface area contributed by atoms with E-state index in [1.807, 2.05) is 0 Å². The Kier molecular flexibility index (Phi) is 3.58. The molecule has 0 atom stereocenters. The fraction of sp³-hybridized carbons (Fsp3) is 0.250. The van der Waals surface area contributed by atoms with Gasteiger partial charge < -0.3 is 4.74 Å². The van der Waals surface area contributed by atoms with Crippen molar-refractivity contribution in [3.05, 3.63) is 33.9 Å². The molecule has 1 aromatic carbocycles. The zero-order valence-electron chi connectivity index (χ0n) is 7.62. The van der Waals surface area contributed by atoms with Crippen LogP contribution in [0.15, 0.2) is 18.2 Å². The first kappa shape index (κ1) is 12.6. The minimum atomic E-state index is -4.83. The van der Waals surface area contributed by atoms with Gasteiger partial charge in [-0.25, -0.2) is 0 Å². The quantitative estimate of drug-likeness (QED) is 0.473. The van der Waals surface area contributed by atoms with Crippen molar-refractivity contribution < 1.29 is 22.8 Å². The van der Waals surface area contributed by atoms with Crippen molar-refractivity contribution in [3.63, 3.8) is 0 Å². The highest BCUT2D eigenvalue weighted by atomic mass is 35.5. The number of ether oxygens (including phenoxy) is 1. The fourth-order valence-electron chi connectivity index (χ4n) is 1.04. The fourth-order valence-corrected chi connectivity index (χ4v) is 1.26. The van der Waals surface area contributed by atoms with Crippen LogP contribution in [-0.4, -0.2) is 11.3 Å². The second-order valence-electron chi connectivity index (χ2n) is 2.73. The third kappa shape index (κ3) is 3.27. The van der Waals surface area contributed by atoms with Crippen molar-refractivity contribution >= 4 is 17.3 Å². The number of rotatable bonds is 3. The lowest BCUT2D eigenvalue weighted by Gasteiger charge is -2.09. The molecule has 0 saturated heterocycles. The molecule has 16 heavy (non-hydrogen) atoms. The molecule has 0 spiro atoms. The molecule has 4 nitrogen and oxygen atoms in total. The lowest BCUT2D eigenvalue weighted by molar-refractivity contribution is -0.385. The van der Waals surface area contributed by atoms with Crippen LogP contribution >= 0.6 is 11.6 Å². The minimum absolute atomic E-state index is 0.0339. The molecule has 1 rings (SSSR count). The van der Waals surface area contributed by atoms with Crippen LogP contribution < -0.4 is 4.74 Å². The molecule has 0 amide bonds. The summed E-state index contributed by atoms with van der Waals surface area (Å²) in [5, 5.41) is 10.5. The van der Waals surface area contributed by atoms with Crippen LogP contribution in [0.3, 0.4) is 0 Å². The van der Waals surface area contributed by atoms with E-state index in [-0.39, 0.29) is 17.1 Å². The smallest absolute Gasteiger partial charge is 0.406 e. The van der Waals surface area contributed by atoms with Gasteiger partial charge in [0, 0.05) is 11.6 Å². The molecule has 0 aromatic heterocycles. The van der Waals surface area contributed by atoms with Crippen LogP contribution in [0.4, 0.5) is 18.9 Å². The number of hydrogen-bond acceptors (Lipinski definition) is 3. The molecule has 0 radical (unpaired) electrons. The number of nitro groups is 1. The zero-order chi connectivity index (χ0) is 12.3. The van der Waals surface area contributed by atoms with Crippen LogP contribution in [-0.2, 0) is 5.88 Å². The molecular formula is C8H5ClF3NO3. The summed E-state index contributed by atoms with van der Waals surface area (Å²) >= 11 is 5.38. The Hall–Kier alpha value is -1.50. The molecule has 0 aliphatic heterocycles. The SMILES string of the molecule is O=[N+]([O-])c1ccc(OC(F)(F)F)cc1CCl. The van der Waals surface area contributed by atoms with Crippen molar-refractivity contribution in [1.82, 2.24) is 0 Å². The van der Waals surface area contributed by atoms with Crippen molar-refractivity contribution in [2.45, 2.75) is 12.2 Å². The summed E-state index contributed by atoms with van der Waals surface area (Å²) in [6.45, 7) is 0. The molecular weight excluding hydrogens is 251 g/mol. The second kappa shape index (κ2) is 4.56. The summed E-state index contributed by atoms with van der Waals surface area (Å²) in [5.74, 6) is -0.806. The molecule has 0 fully saturated rings. The molecule has 8 heteroatoms. The van der Waals surface area contributed by atoms with Crippen molar-refractivity contribution in [2.75, 3.05) is 0 Å². The lowest BCUT2D eigenvalue weighted by Crippen LogP contribution is -2.17. The van der Waals surface area contributed by atoms with Crippen molar-refractivity contribution in [1.29, 1.82) is 0 Å². The second-order valence-corrected chi connectivity index (χ2v) is 3.00. The Balaban J connectivity index is 3.05. The van der Waals surface area contributed by atoms with Gasteiger partial charge in [0.25, 0.3) is 5.69 Å². The first-order valence-corrected chi connectivity index (χ1v) is 4.46. The maximum atomic E-state index is 11.8. The van der Waals surface area contributed by atoms with E-state index >= 15 is 0 Å². The van der Waals surface area contributed by atoms with E-state index < -0.39 is 17.0 Å². The van der Waals surface area contributed by atoms with E-state index in [4.69, 9.17) is 11.6 Å². The van der Waals surface area contributed by atoms with Gasteiger partial charge in [-0.3, -0.25) is 10.1 Å². The average molecular weight is 256 g/mol. The molecule has 1 aromatic rings. The maximum Gasteiger partial charge on any atom is 0.573 e. The van der Waals surface area contributed by atoms with Gasteiger partial charge in [-0.05, 0) is 12.1 Å². The summed E-state index contributed by atoms with van der Waals surface area (Å²) in [6, 6.07) is 2.67. The summed E-state index contributed by atoms with van der Waals surface area (Å²) in [7, 11) is 0. The van der Waals surface area contributed by atoms with E-state index in [1.54, 1.807) is 0 Å². The van der Waals surface area contributed by atoms with Gasteiger partial charge >= 0.3 is 6.36 Å². The van der Waals surface area contributed by atoms with Crippen LogP contribution in [0.5, 0.6) is 5.75 Å². The molecule has 0 aliphatic carbocycles. The van der Waals surface area contributed by atoms with E-state index in [0.29, 0.717) is 0 Å². The molecule has 0 heterocycles. The number of nitrogens with zero attached hydrogens (tertiary/aromatic N) is 1. The van der Waals surface area contributed by atoms with Gasteiger partial charge in [0.1, 0.15) is 5.75 Å². The predicted molar refractivity (Wildman–Crippen MR) is 49.3 cm³/mol. The molecule has 88 valence electrons. The highest BCUT2D eigenvalue weighted by Gasteiger charge is 2.31. The number of alkyl halides is 4. The average Bonchev–Trinajstić information content (AvgIpc) is 2.14. The van der Waals surface area contributed by atoms with Crippen LogP contribution in [0.25, 0.3) is 0 Å². The third-order valence-electron chi connectivity index (χ3n) is 1.63. The first-order chi connectivity index (χ1) is 7.33. The molecule has 0 bridgehead atoms. The Labute approximate surface area is 92.7 Å². The van der Waals surface area contributed by atoms with Crippen molar-refractivity contribution in [3.8, 4) is 5.75 Å². The molecule has 0 aliphatic rings. The molecule has 0 N–H and O–H groups in total. The summed E-state index contributed by atoms with van der Waals surface area (Å²) in [4.78, 5) is 9.73. The van der Waals surface area contributed by atoms with Gasteiger partial charge in [-0.15, -0.1) is 24.8 Å². The number of nitro benzene ring substituents is 1. The van der Waals surface area contributed by atoms with E-state index in [1.165, 1.54) is 0 Å². The van der Waals surface area contributed by atoms with Crippen LogP contribution in [0.2, 0.25) is 0 Å². The van der Waals surface area contributed by atoms with Gasteiger partial charge in [0.2, 0.25) is 0 Å². The lowest BCUT2D eigenvalue weighted by atomic mass is 10.2. The maximum absolute atomic E-state index is 11.8.